The Bertz CT molecular complexity index is 411. The molecule has 0 aromatic heterocycles. The first kappa shape index (κ1) is 14.4. The van der Waals surface area contributed by atoms with Crippen LogP contribution in [-0.2, 0) is 6.42 Å². The van der Waals surface area contributed by atoms with E-state index in [1.807, 2.05) is 6.07 Å². The fraction of sp³-hybridized carbons (Fsp3) is 0.600. The van der Waals surface area contributed by atoms with Crippen molar-refractivity contribution in [3.63, 3.8) is 0 Å². The molecule has 1 atom stereocenters. The van der Waals surface area contributed by atoms with Crippen LogP contribution < -0.4 is 5.32 Å². The predicted molar refractivity (Wildman–Crippen MR) is 82.3 cm³/mol. The Morgan fingerprint density at radius 2 is 2.22 bits per heavy atom. The van der Waals surface area contributed by atoms with E-state index < -0.39 is 0 Å². The summed E-state index contributed by atoms with van der Waals surface area (Å²) in [5, 5.41) is 4.60. The fourth-order valence-electron chi connectivity index (χ4n) is 3.08. The first-order valence-corrected chi connectivity index (χ1v) is 7.87. The van der Waals surface area contributed by atoms with Crippen LogP contribution in [0.25, 0.3) is 0 Å². The second-order valence-corrected chi connectivity index (χ2v) is 7.14. The standard InChI is InChI=1S/C15H21BrClN/c1-11(2)9-15(6-3-7-18-15)10-12-4-5-13(16)8-14(12)17/h4-5,8,11,18H,3,6-7,9-10H2,1-2H3. The second kappa shape index (κ2) is 5.94. The maximum absolute atomic E-state index is 6.35. The summed E-state index contributed by atoms with van der Waals surface area (Å²) >= 11 is 9.81. The third-order valence-corrected chi connectivity index (χ3v) is 4.52. The molecule has 1 unspecified atom stereocenters. The summed E-state index contributed by atoms with van der Waals surface area (Å²) in [5.74, 6) is 0.713. The van der Waals surface area contributed by atoms with Crippen molar-refractivity contribution in [1.82, 2.24) is 5.32 Å². The van der Waals surface area contributed by atoms with Gasteiger partial charge in [-0.1, -0.05) is 47.4 Å². The third kappa shape index (κ3) is 3.49. The van der Waals surface area contributed by atoms with E-state index in [1.165, 1.54) is 24.8 Å². The highest BCUT2D eigenvalue weighted by molar-refractivity contribution is 9.10. The smallest absolute Gasteiger partial charge is 0.0449 e. The molecule has 1 aromatic rings. The van der Waals surface area contributed by atoms with E-state index in [4.69, 9.17) is 11.6 Å². The molecule has 0 aliphatic carbocycles. The number of halogens is 2. The molecule has 0 saturated carbocycles. The molecule has 1 aliphatic heterocycles. The molecule has 1 fully saturated rings. The molecule has 1 aromatic carbocycles. The number of hydrogen-bond acceptors (Lipinski definition) is 1. The summed E-state index contributed by atoms with van der Waals surface area (Å²) in [6, 6.07) is 6.22. The minimum atomic E-state index is 0.256. The van der Waals surface area contributed by atoms with Crippen LogP contribution in [0.1, 0.15) is 38.7 Å². The highest BCUT2D eigenvalue weighted by Crippen LogP contribution is 2.33. The van der Waals surface area contributed by atoms with Crippen molar-refractivity contribution >= 4 is 27.5 Å². The van der Waals surface area contributed by atoms with Crippen molar-refractivity contribution in [3.05, 3.63) is 33.3 Å². The van der Waals surface area contributed by atoms with Gasteiger partial charge >= 0.3 is 0 Å². The van der Waals surface area contributed by atoms with Gasteiger partial charge in [-0.3, -0.25) is 0 Å². The number of nitrogens with one attached hydrogen (secondary N) is 1. The first-order chi connectivity index (χ1) is 8.51. The monoisotopic (exact) mass is 329 g/mol. The van der Waals surface area contributed by atoms with E-state index in [1.54, 1.807) is 0 Å². The molecule has 0 spiro atoms. The highest BCUT2D eigenvalue weighted by Gasteiger charge is 2.34. The van der Waals surface area contributed by atoms with Gasteiger partial charge in [-0.25, -0.2) is 0 Å². The van der Waals surface area contributed by atoms with Crippen LogP contribution in [0.5, 0.6) is 0 Å². The summed E-state index contributed by atoms with van der Waals surface area (Å²) in [6.45, 7) is 5.73. The maximum atomic E-state index is 6.35. The van der Waals surface area contributed by atoms with E-state index in [0.717, 1.165) is 22.5 Å². The lowest BCUT2D eigenvalue weighted by Gasteiger charge is -2.32. The molecule has 0 bridgehead atoms. The molecule has 1 aliphatic rings. The Morgan fingerprint density at radius 3 is 2.78 bits per heavy atom. The molecule has 2 rings (SSSR count). The highest BCUT2D eigenvalue weighted by atomic mass is 79.9. The van der Waals surface area contributed by atoms with Crippen molar-refractivity contribution in [1.29, 1.82) is 0 Å². The Balaban J connectivity index is 2.18. The molecule has 18 heavy (non-hydrogen) atoms. The molecule has 0 amide bonds. The SMILES string of the molecule is CC(C)CC1(Cc2ccc(Br)cc2Cl)CCCN1. The summed E-state index contributed by atoms with van der Waals surface area (Å²) in [7, 11) is 0. The van der Waals surface area contributed by atoms with Gasteiger partial charge < -0.3 is 5.32 Å². The van der Waals surface area contributed by atoms with Crippen molar-refractivity contribution in [2.75, 3.05) is 6.54 Å². The minimum absolute atomic E-state index is 0.256. The van der Waals surface area contributed by atoms with Crippen LogP contribution in [0.3, 0.4) is 0 Å². The summed E-state index contributed by atoms with van der Waals surface area (Å²) in [6.07, 6.45) is 4.80. The topological polar surface area (TPSA) is 12.0 Å². The van der Waals surface area contributed by atoms with Gasteiger partial charge in [0.05, 0.1) is 0 Å². The Labute approximate surface area is 123 Å². The van der Waals surface area contributed by atoms with Gasteiger partial charge in [-0.05, 0) is 55.8 Å². The van der Waals surface area contributed by atoms with Crippen LogP contribution in [0.2, 0.25) is 5.02 Å². The molecule has 0 radical (unpaired) electrons. The van der Waals surface area contributed by atoms with Crippen LogP contribution in [0.15, 0.2) is 22.7 Å². The molecular formula is C15H21BrClN. The van der Waals surface area contributed by atoms with Crippen LogP contribution in [0, 0.1) is 5.92 Å². The lowest BCUT2D eigenvalue weighted by Crippen LogP contribution is -2.43. The van der Waals surface area contributed by atoms with Gasteiger partial charge in [0, 0.05) is 15.0 Å². The molecule has 1 saturated heterocycles. The quantitative estimate of drug-likeness (QED) is 0.835. The van der Waals surface area contributed by atoms with Gasteiger partial charge in [-0.2, -0.15) is 0 Å². The predicted octanol–water partition coefficient (Wildman–Crippen LogP) is 4.81. The zero-order valence-corrected chi connectivity index (χ0v) is 13.4. The van der Waals surface area contributed by atoms with E-state index in [0.29, 0.717) is 5.92 Å². The van der Waals surface area contributed by atoms with Crippen molar-refractivity contribution < 1.29 is 0 Å². The fourth-order valence-corrected chi connectivity index (χ4v) is 3.82. The molecule has 1 nitrogen and oxygen atoms in total. The second-order valence-electron chi connectivity index (χ2n) is 5.82. The average molecular weight is 331 g/mol. The summed E-state index contributed by atoms with van der Waals surface area (Å²) in [4.78, 5) is 0. The minimum Gasteiger partial charge on any atom is -0.311 e. The largest absolute Gasteiger partial charge is 0.311 e. The lowest BCUT2D eigenvalue weighted by molar-refractivity contribution is 0.301. The van der Waals surface area contributed by atoms with Crippen molar-refractivity contribution in [2.24, 2.45) is 5.92 Å². The van der Waals surface area contributed by atoms with Crippen molar-refractivity contribution in [3.8, 4) is 0 Å². The van der Waals surface area contributed by atoms with Gasteiger partial charge in [-0.15, -0.1) is 0 Å². The Hall–Kier alpha value is -0.0500. The maximum Gasteiger partial charge on any atom is 0.0449 e. The van der Waals surface area contributed by atoms with E-state index in [-0.39, 0.29) is 5.54 Å². The van der Waals surface area contributed by atoms with Gasteiger partial charge in [0.15, 0.2) is 0 Å². The third-order valence-electron chi connectivity index (χ3n) is 3.68. The average Bonchev–Trinajstić information content (AvgIpc) is 2.70. The van der Waals surface area contributed by atoms with E-state index in [2.05, 4.69) is 47.2 Å². The molecule has 1 N–H and O–H groups in total. The van der Waals surface area contributed by atoms with Gasteiger partial charge in [0.2, 0.25) is 0 Å². The molecule has 1 heterocycles. The van der Waals surface area contributed by atoms with Crippen molar-refractivity contribution in [2.45, 2.75) is 45.1 Å². The van der Waals surface area contributed by atoms with Gasteiger partial charge in [0.1, 0.15) is 0 Å². The Morgan fingerprint density at radius 1 is 1.44 bits per heavy atom. The van der Waals surface area contributed by atoms with Gasteiger partial charge in [0.25, 0.3) is 0 Å². The normalized spacial score (nSPS) is 23.8. The number of hydrogen-bond donors (Lipinski definition) is 1. The zero-order chi connectivity index (χ0) is 13.2. The first-order valence-electron chi connectivity index (χ1n) is 6.70. The van der Waals surface area contributed by atoms with Crippen LogP contribution >= 0.6 is 27.5 Å². The summed E-state index contributed by atoms with van der Waals surface area (Å²) < 4.78 is 1.05. The molecular weight excluding hydrogens is 310 g/mol. The Kier molecular flexibility index (Phi) is 4.74. The van der Waals surface area contributed by atoms with Crippen LogP contribution in [0.4, 0.5) is 0 Å². The summed E-state index contributed by atoms with van der Waals surface area (Å²) in [5.41, 5.74) is 1.51. The number of rotatable bonds is 4. The molecule has 100 valence electrons. The molecule has 3 heteroatoms. The number of benzene rings is 1. The zero-order valence-electron chi connectivity index (χ0n) is 11.1. The van der Waals surface area contributed by atoms with E-state index >= 15 is 0 Å². The lowest BCUT2D eigenvalue weighted by atomic mass is 9.82. The van der Waals surface area contributed by atoms with E-state index in [9.17, 15) is 0 Å². The van der Waals surface area contributed by atoms with Crippen LogP contribution in [-0.4, -0.2) is 12.1 Å².